The molecule has 0 aliphatic carbocycles. The lowest BCUT2D eigenvalue weighted by Crippen LogP contribution is -2.33. The fourth-order valence-electron chi connectivity index (χ4n) is 3.16. The second-order valence-electron chi connectivity index (χ2n) is 6.44. The van der Waals surface area contributed by atoms with Gasteiger partial charge in [-0.1, -0.05) is 37.6 Å². The Morgan fingerprint density at radius 2 is 1.96 bits per heavy atom. The van der Waals surface area contributed by atoms with Crippen LogP contribution >= 0.6 is 11.8 Å². The predicted molar refractivity (Wildman–Crippen MR) is 106 cm³/mol. The van der Waals surface area contributed by atoms with Crippen LogP contribution in [-0.4, -0.2) is 36.7 Å². The van der Waals surface area contributed by atoms with Crippen molar-refractivity contribution in [3.05, 3.63) is 54.1 Å². The highest BCUT2D eigenvalue weighted by Gasteiger charge is 2.16. The molecule has 4 heteroatoms. The van der Waals surface area contributed by atoms with E-state index in [2.05, 4.69) is 48.2 Å². The van der Waals surface area contributed by atoms with Crippen molar-refractivity contribution in [3.8, 4) is 5.75 Å². The maximum absolute atomic E-state index is 9.90. The van der Waals surface area contributed by atoms with Crippen LogP contribution < -0.4 is 9.64 Å². The number of fused-ring (bicyclic) bond motifs is 1. The van der Waals surface area contributed by atoms with Crippen LogP contribution in [0, 0.1) is 0 Å². The lowest BCUT2D eigenvalue weighted by Gasteiger charge is -2.30. The van der Waals surface area contributed by atoms with Crippen molar-refractivity contribution < 1.29 is 9.84 Å². The van der Waals surface area contributed by atoms with Gasteiger partial charge in [0, 0.05) is 17.2 Å². The van der Waals surface area contributed by atoms with Gasteiger partial charge in [-0.3, -0.25) is 0 Å². The molecular weight excluding hydrogens is 330 g/mol. The number of ether oxygens (including phenoxy) is 1. The number of anilines is 1. The number of aliphatic hydroxyl groups excluding tert-OH is 1. The summed E-state index contributed by atoms with van der Waals surface area (Å²) < 4.78 is 5.92. The summed E-state index contributed by atoms with van der Waals surface area (Å²) in [5.74, 6) is 2.03. The van der Waals surface area contributed by atoms with Crippen LogP contribution in [0.15, 0.2) is 53.4 Å². The minimum absolute atomic E-state index is 0.242. The van der Waals surface area contributed by atoms with Gasteiger partial charge in [0.05, 0.1) is 18.3 Å². The highest BCUT2D eigenvalue weighted by atomic mass is 32.2. The van der Waals surface area contributed by atoms with E-state index < -0.39 is 0 Å². The highest BCUT2D eigenvalue weighted by molar-refractivity contribution is 7.99. The van der Waals surface area contributed by atoms with Gasteiger partial charge < -0.3 is 14.7 Å². The largest absolute Gasteiger partial charge is 0.492 e. The van der Waals surface area contributed by atoms with E-state index in [1.54, 1.807) is 0 Å². The van der Waals surface area contributed by atoms with Gasteiger partial charge in [-0.2, -0.15) is 0 Å². The zero-order valence-electron chi connectivity index (χ0n) is 14.9. The first-order chi connectivity index (χ1) is 12.3. The second kappa shape index (κ2) is 9.16. The number of para-hydroxylation sites is 1. The normalized spacial score (nSPS) is 14.9. The van der Waals surface area contributed by atoms with Crippen LogP contribution in [0.4, 0.5) is 5.69 Å². The zero-order valence-corrected chi connectivity index (χ0v) is 15.7. The third-order valence-corrected chi connectivity index (χ3v) is 5.51. The maximum atomic E-state index is 9.90. The number of rotatable bonds is 8. The molecule has 1 heterocycles. The molecule has 2 aromatic carbocycles. The number of hydrogen-bond donors (Lipinski definition) is 1. The molecule has 1 aliphatic rings. The molecule has 0 aromatic heterocycles. The van der Waals surface area contributed by atoms with Crippen LogP contribution in [-0.2, 0) is 6.42 Å². The summed E-state index contributed by atoms with van der Waals surface area (Å²) in [6.45, 7) is 4.74. The first-order valence-corrected chi connectivity index (χ1v) is 10.1. The van der Waals surface area contributed by atoms with E-state index in [-0.39, 0.29) is 6.10 Å². The van der Waals surface area contributed by atoms with Crippen LogP contribution in [0.5, 0.6) is 5.75 Å². The average molecular weight is 358 g/mol. The molecule has 2 aromatic rings. The number of nitrogens with zero attached hydrogens (tertiary/aromatic N) is 1. The molecule has 1 N–H and O–H groups in total. The molecule has 0 fully saturated rings. The van der Waals surface area contributed by atoms with Crippen LogP contribution in [0.3, 0.4) is 0 Å². The summed E-state index contributed by atoms with van der Waals surface area (Å²) in [5.41, 5.74) is 2.48. The van der Waals surface area contributed by atoms with E-state index in [0.29, 0.717) is 6.61 Å². The monoisotopic (exact) mass is 357 g/mol. The van der Waals surface area contributed by atoms with E-state index in [0.717, 1.165) is 49.4 Å². The number of hydrogen-bond acceptors (Lipinski definition) is 4. The Kier molecular flexibility index (Phi) is 6.65. The van der Waals surface area contributed by atoms with Gasteiger partial charge in [-0.25, -0.2) is 0 Å². The molecule has 0 saturated carbocycles. The Labute approximate surface area is 155 Å². The molecule has 0 spiro atoms. The summed E-state index contributed by atoms with van der Waals surface area (Å²) in [7, 11) is 0. The molecule has 0 saturated heterocycles. The Bertz CT molecular complexity index is 659. The average Bonchev–Trinajstić information content (AvgIpc) is 2.63. The number of thioether (sulfide) groups is 1. The maximum Gasteiger partial charge on any atom is 0.119 e. The van der Waals surface area contributed by atoms with Crippen molar-refractivity contribution in [2.45, 2.75) is 37.2 Å². The van der Waals surface area contributed by atoms with Crippen molar-refractivity contribution >= 4 is 17.4 Å². The third kappa shape index (κ3) is 5.16. The summed E-state index contributed by atoms with van der Waals surface area (Å²) in [6.07, 6.45) is 2.35. The molecule has 1 atom stereocenters. The summed E-state index contributed by atoms with van der Waals surface area (Å²) in [6, 6.07) is 16.7. The summed E-state index contributed by atoms with van der Waals surface area (Å²) in [5, 5.41) is 9.90. The van der Waals surface area contributed by atoms with Crippen LogP contribution in [0.25, 0.3) is 0 Å². The predicted octanol–water partition coefficient (Wildman–Crippen LogP) is 4.38. The third-order valence-electron chi connectivity index (χ3n) is 4.47. The fraction of sp³-hybridized carbons (Fsp3) is 0.429. The Morgan fingerprint density at radius 3 is 2.76 bits per heavy atom. The van der Waals surface area contributed by atoms with Gasteiger partial charge >= 0.3 is 0 Å². The summed E-state index contributed by atoms with van der Waals surface area (Å²) >= 11 is 1.93. The molecular formula is C21H27NO2S. The van der Waals surface area contributed by atoms with Gasteiger partial charge in [0.25, 0.3) is 0 Å². The molecule has 25 heavy (non-hydrogen) atoms. The van der Waals surface area contributed by atoms with Gasteiger partial charge in [0.1, 0.15) is 12.4 Å². The molecule has 0 radical (unpaired) electrons. The van der Waals surface area contributed by atoms with E-state index >= 15 is 0 Å². The minimum Gasteiger partial charge on any atom is -0.492 e. The van der Waals surface area contributed by atoms with Gasteiger partial charge in [0.15, 0.2) is 0 Å². The van der Waals surface area contributed by atoms with Crippen LogP contribution in [0.2, 0.25) is 0 Å². The van der Waals surface area contributed by atoms with Gasteiger partial charge in [-0.15, -0.1) is 11.8 Å². The SMILES string of the molecule is CCCC(O)Cc1ccc(OCCN2CCSc3ccccc32)cc1. The standard InChI is InChI=1S/C21H27NO2S/c1-2-5-18(23)16-17-8-10-19(11-9-17)24-14-12-22-13-15-25-21-7-4-3-6-20(21)22/h3-4,6-11,18,23H,2,5,12-16H2,1H3. The first kappa shape index (κ1) is 18.2. The number of aliphatic hydroxyl groups is 1. The molecule has 3 nitrogen and oxygen atoms in total. The van der Waals surface area contributed by atoms with E-state index in [4.69, 9.17) is 4.74 Å². The zero-order chi connectivity index (χ0) is 17.5. The van der Waals surface area contributed by atoms with Gasteiger partial charge in [0.2, 0.25) is 0 Å². The van der Waals surface area contributed by atoms with Crippen molar-refractivity contribution in [2.75, 3.05) is 30.3 Å². The number of benzene rings is 2. The van der Waals surface area contributed by atoms with Crippen molar-refractivity contribution in [3.63, 3.8) is 0 Å². The molecule has 3 rings (SSSR count). The topological polar surface area (TPSA) is 32.7 Å². The molecule has 1 aliphatic heterocycles. The van der Waals surface area contributed by atoms with Crippen molar-refractivity contribution in [2.24, 2.45) is 0 Å². The van der Waals surface area contributed by atoms with Crippen molar-refractivity contribution in [1.29, 1.82) is 0 Å². The molecule has 134 valence electrons. The quantitative estimate of drug-likeness (QED) is 0.760. The fourth-order valence-corrected chi connectivity index (χ4v) is 4.21. The Morgan fingerprint density at radius 1 is 1.16 bits per heavy atom. The van der Waals surface area contributed by atoms with Crippen LogP contribution in [0.1, 0.15) is 25.3 Å². The Balaban J connectivity index is 1.48. The first-order valence-electron chi connectivity index (χ1n) is 9.13. The lowest BCUT2D eigenvalue weighted by atomic mass is 10.0. The van der Waals surface area contributed by atoms with E-state index in [1.807, 2.05) is 23.9 Å². The molecule has 0 bridgehead atoms. The minimum atomic E-state index is -0.242. The lowest BCUT2D eigenvalue weighted by molar-refractivity contribution is 0.164. The second-order valence-corrected chi connectivity index (χ2v) is 7.58. The van der Waals surface area contributed by atoms with E-state index in [1.165, 1.54) is 10.6 Å². The highest BCUT2D eigenvalue weighted by Crippen LogP contribution is 2.33. The Hall–Kier alpha value is -1.65. The smallest absolute Gasteiger partial charge is 0.119 e. The van der Waals surface area contributed by atoms with E-state index in [9.17, 15) is 5.11 Å². The van der Waals surface area contributed by atoms with Gasteiger partial charge in [-0.05, 0) is 42.7 Å². The van der Waals surface area contributed by atoms with Crippen molar-refractivity contribution in [1.82, 2.24) is 0 Å². The molecule has 0 amide bonds. The summed E-state index contributed by atoms with van der Waals surface area (Å²) in [4.78, 5) is 3.77. The molecule has 1 unspecified atom stereocenters.